The minimum Gasteiger partial charge on any atom is -0.398 e. The highest BCUT2D eigenvalue weighted by Gasteiger charge is 2.15. The van der Waals surface area contributed by atoms with Crippen molar-refractivity contribution in [2.45, 2.75) is 13.0 Å². The van der Waals surface area contributed by atoms with Crippen molar-refractivity contribution in [3.05, 3.63) is 58.6 Å². The Hall–Kier alpha value is -2.20. The Morgan fingerprint density at radius 1 is 1.19 bits per heavy atom. The van der Waals surface area contributed by atoms with E-state index in [1.807, 2.05) is 37.4 Å². The first-order chi connectivity index (χ1) is 9.90. The van der Waals surface area contributed by atoms with Gasteiger partial charge < -0.3 is 16.4 Å². The first-order valence-electron chi connectivity index (χ1n) is 6.57. The second kappa shape index (κ2) is 6.06. The van der Waals surface area contributed by atoms with E-state index in [1.54, 1.807) is 12.1 Å². The van der Waals surface area contributed by atoms with E-state index in [9.17, 15) is 4.79 Å². The zero-order chi connectivity index (χ0) is 15.6. The van der Waals surface area contributed by atoms with Gasteiger partial charge in [0.15, 0.2) is 0 Å². The summed E-state index contributed by atoms with van der Waals surface area (Å²) in [5.74, 6) is -0.526. The number of amides is 1. The van der Waals surface area contributed by atoms with Crippen LogP contribution < -0.4 is 16.4 Å². The molecule has 0 aliphatic carbocycles. The van der Waals surface area contributed by atoms with Crippen LogP contribution in [0, 0.1) is 0 Å². The maximum atomic E-state index is 11.4. The Kier molecular flexibility index (Phi) is 4.38. The molecule has 0 aromatic heterocycles. The fraction of sp³-hybridized carbons (Fsp3) is 0.188. The highest BCUT2D eigenvalue weighted by molar-refractivity contribution is 6.30. The molecule has 0 aliphatic rings. The number of nitrogens with zero attached hydrogens (tertiary/aromatic N) is 1. The quantitative estimate of drug-likeness (QED) is 0.852. The van der Waals surface area contributed by atoms with Gasteiger partial charge in [0.2, 0.25) is 0 Å². The van der Waals surface area contributed by atoms with Crippen molar-refractivity contribution in [3.63, 3.8) is 0 Å². The summed E-state index contributed by atoms with van der Waals surface area (Å²) in [6.45, 7) is 2.07. The summed E-state index contributed by atoms with van der Waals surface area (Å²) in [5.41, 5.74) is 13.8. The number of rotatable bonds is 4. The van der Waals surface area contributed by atoms with E-state index in [4.69, 9.17) is 23.1 Å². The number of benzene rings is 2. The molecule has 0 heterocycles. The highest BCUT2D eigenvalue weighted by atomic mass is 35.5. The van der Waals surface area contributed by atoms with Gasteiger partial charge in [0, 0.05) is 23.4 Å². The van der Waals surface area contributed by atoms with Crippen LogP contribution in [0.15, 0.2) is 42.5 Å². The largest absolute Gasteiger partial charge is 0.398 e. The van der Waals surface area contributed by atoms with E-state index in [2.05, 4.69) is 11.8 Å². The predicted molar refractivity (Wildman–Crippen MR) is 87.6 cm³/mol. The maximum absolute atomic E-state index is 11.4. The molecule has 2 aromatic carbocycles. The number of hydrogen-bond acceptors (Lipinski definition) is 3. The van der Waals surface area contributed by atoms with Crippen molar-refractivity contribution < 1.29 is 4.79 Å². The molecule has 1 unspecified atom stereocenters. The van der Waals surface area contributed by atoms with Crippen molar-refractivity contribution >= 4 is 28.9 Å². The lowest BCUT2D eigenvalue weighted by atomic mass is 10.1. The van der Waals surface area contributed by atoms with E-state index >= 15 is 0 Å². The number of halogens is 1. The van der Waals surface area contributed by atoms with E-state index in [0.29, 0.717) is 16.3 Å². The smallest absolute Gasteiger partial charge is 0.250 e. The fourth-order valence-electron chi connectivity index (χ4n) is 2.17. The summed E-state index contributed by atoms with van der Waals surface area (Å²) in [4.78, 5) is 13.4. The summed E-state index contributed by atoms with van der Waals surface area (Å²) < 4.78 is 0. The van der Waals surface area contributed by atoms with Gasteiger partial charge in [-0.1, -0.05) is 23.7 Å². The molecular weight excluding hydrogens is 286 g/mol. The van der Waals surface area contributed by atoms with Gasteiger partial charge in [0.05, 0.1) is 11.6 Å². The van der Waals surface area contributed by atoms with Crippen LogP contribution in [0.2, 0.25) is 5.02 Å². The van der Waals surface area contributed by atoms with Crippen molar-refractivity contribution in [3.8, 4) is 0 Å². The van der Waals surface area contributed by atoms with Crippen LogP contribution in [-0.2, 0) is 0 Å². The molecule has 110 valence electrons. The molecule has 4 nitrogen and oxygen atoms in total. The third-order valence-corrected chi connectivity index (χ3v) is 3.89. The fourth-order valence-corrected chi connectivity index (χ4v) is 2.29. The highest BCUT2D eigenvalue weighted by Crippen LogP contribution is 2.28. The number of nitrogens with two attached hydrogens (primary N) is 2. The summed E-state index contributed by atoms with van der Waals surface area (Å²) in [7, 11) is 1.95. The van der Waals surface area contributed by atoms with Gasteiger partial charge in [0.1, 0.15) is 0 Å². The van der Waals surface area contributed by atoms with Crippen molar-refractivity contribution in [2.24, 2.45) is 5.73 Å². The lowest BCUT2D eigenvalue weighted by Crippen LogP contribution is -2.22. The van der Waals surface area contributed by atoms with Gasteiger partial charge in [-0.15, -0.1) is 0 Å². The van der Waals surface area contributed by atoms with Gasteiger partial charge in [-0.3, -0.25) is 4.79 Å². The molecule has 0 aliphatic heterocycles. The zero-order valence-electron chi connectivity index (χ0n) is 12.0. The second-order valence-electron chi connectivity index (χ2n) is 4.97. The standard InChI is InChI=1S/C16H18ClN3O/c1-10(11-3-5-12(17)6-4-11)20(2)13-7-8-15(18)14(9-13)16(19)21/h3-10H,18H2,1-2H3,(H2,19,21). The average molecular weight is 304 g/mol. The van der Waals surface area contributed by atoms with Crippen LogP contribution in [0.25, 0.3) is 0 Å². The summed E-state index contributed by atoms with van der Waals surface area (Å²) in [5, 5.41) is 0.706. The van der Waals surface area contributed by atoms with Crippen LogP contribution in [0.4, 0.5) is 11.4 Å². The normalized spacial score (nSPS) is 12.0. The summed E-state index contributed by atoms with van der Waals surface area (Å²) in [6.07, 6.45) is 0. The maximum Gasteiger partial charge on any atom is 0.250 e. The molecule has 21 heavy (non-hydrogen) atoms. The molecule has 1 atom stereocenters. The van der Waals surface area contributed by atoms with Crippen molar-refractivity contribution in [2.75, 3.05) is 17.7 Å². The number of primary amides is 1. The minimum absolute atomic E-state index is 0.117. The lowest BCUT2D eigenvalue weighted by molar-refractivity contribution is 0.100. The monoisotopic (exact) mass is 303 g/mol. The lowest BCUT2D eigenvalue weighted by Gasteiger charge is -2.28. The van der Waals surface area contributed by atoms with Crippen LogP contribution in [0.3, 0.4) is 0 Å². The Labute approximate surface area is 129 Å². The van der Waals surface area contributed by atoms with Crippen molar-refractivity contribution in [1.82, 2.24) is 0 Å². The molecular formula is C16H18ClN3O. The number of carbonyl (C=O) groups is 1. The van der Waals surface area contributed by atoms with Crippen molar-refractivity contribution in [1.29, 1.82) is 0 Å². The molecule has 1 amide bonds. The first kappa shape index (κ1) is 15.2. The molecule has 0 radical (unpaired) electrons. The van der Waals surface area contributed by atoms with Crippen LogP contribution in [0.5, 0.6) is 0 Å². The molecule has 5 heteroatoms. The Bertz CT molecular complexity index is 655. The number of nitrogen functional groups attached to an aromatic ring is 1. The number of anilines is 2. The van der Waals surface area contributed by atoms with Crippen LogP contribution in [0.1, 0.15) is 28.9 Å². The molecule has 4 N–H and O–H groups in total. The summed E-state index contributed by atoms with van der Waals surface area (Å²) in [6, 6.07) is 13.1. The van der Waals surface area contributed by atoms with E-state index in [1.165, 1.54) is 0 Å². The van der Waals surface area contributed by atoms with Gasteiger partial charge >= 0.3 is 0 Å². The first-order valence-corrected chi connectivity index (χ1v) is 6.95. The molecule has 2 rings (SSSR count). The number of carbonyl (C=O) groups excluding carboxylic acids is 1. The Morgan fingerprint density at radius 2 is 1.81 bits per heavy atom. The van der Waals surface area contributed by atoms with Crippen LogP contribution >= 0.6 is 11.6 Å². The van der Waals surface area contributed by atoms with E-state index in [0.717, 1.165) is 11.3 Å². The molecule has 0 saturated carbocycles. The molecule has 0 fully saturated rings. The third kappa shape index (κ3) is 3.28. The molecule has 0 saturated heterocycles. The molecule has 2 aromatic rings. The van der Waals surface area contributed by atoms with Gasteiger partial charge in [-0.05, 0) is 42.8 Å². The van der Waals surface area contributed by atoms with E-state index in [-0.39, 0.29) is 6.04 Å². The SMILES string of the molecule is CC(c1ccc(Cl)cc1)N(C)c1ccc(N)c(C(N)=O)c1. The zero-order valence-corrected chi connectivity index (χ0v) is 12.8. The third-order valence-electron chi connectivity index (χ3n) is 3.64. The predicted octanol–water partition coefficient (Wildman–Crippen LogP) is 3.22. The Balaban J connectivity index is 2.31. The second-order valence-corrected chi connectivity index (χ2v) is 5.41. The number of hydrogen-bond donors (Lipinski definition) is 2. The van der Waals surface area contributed by atoms with Gasteiger partial charge in [-0.2, -0.15) is 0 Å². The summed E-state index contributed by atoms with van der Waals surface area (Å²) >= 11 is 5.91. The minimum atomic E-state index is -0.526. The van der Waals surface area contributed by atoms with Crippen LogP contribution in [-0.4, -0.2) is 13.0 Å². The Morgan fingerprint density at radius 3 is 2.38 bits per heavy atom. The average Bonchev–Trinajstić information content (AvgIpc) is 2.46. The molecule has 0 spiro atoms. The molecule has 0 bridgehead atoms. The topological polar surface area (TPSA) is 72.3 Å². The van der Waals surface area contributed by atoms with Gasteiger partial charge in [0.25, 0.3) is 5.91 Å². The van der Waals surface area contributed by atoms with Gasteiger partial charge in [-0.25, -0.2) is 0 Å². The van der Waals surface area contributed by atoms with E-state index < -0.39 is 5.91 Å².